The van der Waals surface area contributed by atoms with Crippen LogP contribution in [-0.4, -0.2) is 11.0 Å². The van der Waals surface area contributed by atoms with Crippen molar-refractivity contribution in [2.45, 2.75) is 19.3 Å². The quantitative estimate of drug-likeness (QED) is 0.870. The maximum atomic E-state index is 12.3. The standard InChI is InChI=1S/C18H17NO2/c1-2-6-13-9-11-16-15(18(13)21)10-12-17(20)19(16)14-7-4-3-5-8-14/h2-5,7-9,11,21H,1,6,10,12H2. The van der Waals surface area contributed by atoms with E-state index in [0.717, 1.165) is 22.5 Å². The van der Waals surface area contributed by atoms with Gasteiger partial charge in [-0.05, 0) is 36.6 Å². The Kier molecular flexibility index (Phi) is 3.48. The number of carbonyl (C=O) groups is 1. The van der Waals surface area contributed by atoms with Crippen LogP contribution in [0.3, 0.4) is 0 Å². The number of benzene rings is 2. The summed E-state index contributed by atoms with van der Waals surface area (Å²) in [7, 11) is 0. The number of rotatable bonds is 3. The summed E-state index contributed by atoms with van der Waals surface area (Å²) in [6.45, 7) is 3.71. The summed E-state index contributed by atoms with van der Waals surface area (Å²) in [5.41, 5.74) is 3.31. The van der Waals surface area contributed by atoms with Crippen molar-refractivity contribution in [2.75, 3.05) is 4.90 Å². The lowest BCUT2D eigenvalue weighted by atomic mass is 9.95. The Hall–Kier alpha value is -2.55. The van der Waals surface area contributed by atoms with Crippen LogP contribution in [0.2, 0.25) is 0 Å². The van der Waals surface area contributed by atoms with Gasteiger partial charge in [0.2, 0.25) is 5.91 Å². The zero-order valence-corrected chi connectivity index (χ0v) is 11.7. The van der Waals surface area contributed by atoms with E-state index in [9.17, 15) is 9.90 Å². The third-order valence-electron chi connectivity index (χ3n) is 3.80. The van der Waals surface area contributed by atoms with Crippen molar-refractivity contribution in [1.29, 1.82) is 0 Å². The SMILES string of the molecule is C=CCc1ccc2c(c1O)CCC(=O)N2c1ccccc1. The van der Waals surface area contributed by atoms with Gasteiger partial charge in [0.1, 0.15) is 5.75 Å². The van der Waals surface area contributed by atoms with Gasteiger partial charge in [-0.15, -0.1) is 6.58 Å². The molecule has 1 aliphatic rings. The fourth-order valence-electron chi connectivity index (χ4n) is 2.79. The molecule has 1 amide bonds. The van der Waals surface area contributed by atoms with Crippen molar-refractivity contribution in [3.63, 3.8) is 0 Å². The second-order valence-corrected chi connectivity index (χ2v) is 5.13. The van der Waals surface area contributed by atoms with Crippen molar-refractivity contribution in [1.82, 2.24) is 0 Å². The third kappa shape index (κ3) is 2.31. The Bertz CT molecular complexity index is 692. The normalized spacial score (nSPS) is 13.9. The van der Waals surface area contributed by atoms with E-state index in [1.165, 1.54) is 0 Å². The number of allylic oxidation sites excluding steroid dienone is 1. The molecule has 1 aliphatic heterocycles. The van der Waals surface area contributed by atoms with E-state index in [4.69, 9.17) is 0 Å². The van der Waals surface area contributed by atoms with Crippen LogP contribution >= 0.6 is 0 Å². The van der Waals surface area contributed by atoms with Gasteiger partial charge in [-0.3, -0.25) is 9.69 Å². The number of para-hydroxylation sites is 1. The Morgan fingerprint density at radius 1 is 1.14 bits per heavy atom. The van der Waals surface area contributed by atoms with E-state index < -0.39 is 0 Å². The van der Waals surface area contributed by atoms with Crippen molar-refractivity contribution in [3.05, 3.63) is 66.2 Å². The summed E-state index contributed by atoms with van der Waals surface area (Å²) in [5.74, 6) is 0.352. The highest BCUT2D eigenvalue weighted by Crippen LogP contribution is 2.40. The van der Waals surface area contributed by atoms with E-state index in [2.05, 4.69) is 6.58 Å². The maximum Gasteiger partial charge on any atom is 0.231 e. The maximum absolute atomic E-state index is 12.3. The highest BCUT2D eigenvalue weighted by atomic mass is 16.3. The lowest BCUT2D eigenvalue weighted by molar-refractivity contribution is -0.118. The van der Waals surface area contributed by atoms with Crippen molar-refractivity contribution >= 4 is 17.3 Å². The van der Waals surface area contributed by atoms with Crippen LogP contribution in [0.15, 0.2) is 55.1 Å². The largest absolute Gasteiger partial charge is 0.507 e. The number of fused-ring (bicyclic) bond motifs is 1. The van der Waals surface area contributed by atoms with Gasteiger partial charge in [-0.25, -0.2) is 0 Å². The predicted octanol–water partition coefficient (Wildman–Crippen LogP) is 3.73. The molecule has 0 radical (unpaired) electrons. The topological polar surface area (TPSA) is 40.5 Å². The average molecular weight is 279 g/mol. The number of hydrogen-bond acceptors (Lipinski definition) is 2. The smallest absolute Gasteiger partial charge is 0.231 e. The molecule has 0 spiro atoms. The molecule has 0 unspecified atom stereocenters. The van der Waals surface area contributed by atoms with E-state index in [1.807, 2.05) is 42.5 Å². The highest BCUT2D eigenvalue weighted by Gasteiger charge is 2.28. The first kappa shape index (κ1) is 13.4. The van der Waals surface area contributed by atoms with E-state index in [0.29, 0.717) is 25.0 Å². The Labute approximate surface area is 124 Å². The molecule has 2 aromatic rings. The van der Waals surface area contributed by atoms with Gasteiger partial charge in [0.05, 0.1) is 5.69 Å². The summed E-state index contributed by atoms with van der Waals surface area (Å²) in [5, 5.41) is 10.4. The molecule has 2 aromatic carbocycles. The Morgan fingerprint density at radius 3 is 2.62 bits per heavy atom. The highest BCUT2D eigenvalue weighted by molar-refractivity contribution is 6.03. The number of nitrogens with zero attached hydrogens (tertiary/aromatic N) is 1. The lowest BCUT2D eigenvalue weighted by Gasteiger charge is -2.30. The molecule has 3 nitrogen and oxygen atoms in total. The van der Waals surface area contributed by atoms with Crippen LogP contribution in [0.25, 0.3) is 0 Å². The van der Waals surface area contributed by atoms with Gasteiger partial charge in [0, 0.05) is 17.7 Å². The molecule has 3 heteroatoms. The first-order valence-corrected chi connectivity index (χ1v) is 7.05. The van der Waals surface area contributed by atoms with E-state index >= 15 is 0 Å². The second kappa shape index (κ2) is 5.44. The third-order valence-corrected chi connectivity index (χ3v) is 3.80. The number of carbonyl (C=O) groups excluding carboxylic acids is 1. The first-order chi connectivity index (χ1) is 10.2. The van der Waals surface area contributed by atoms with Crippen molar-refractivity contribution in [2.24, 2.45) is 0 Å². The summed E-state index contributed by atoms with van der Waals surface area (Å²) in [6.07, 6.45) is 3.38. The van der Waals surface area contributed by atoms with Gasteiger partial charge >= 0.3 is 0 Å². The zero-order chi connectivity index (χ0) is 14.8. The van der Waals surface area contributed by atoms with Gasteiger partial charge in [-0.2, -0.15) is 0 Å². The minimum Gasteiger partial charge on any atom is -0.507 e. The first-order valence-electron chi connectivity index (χ1n) is 7.05. The molecule has 0 saturated heterocycles. The predicted molar refractivity (Wildman–Crippen MR) is 83.9 cm³/mol. The molecule has 0 fully saturated rings. The second-order valence-electron chi connectivity index (χ2n) is 5.13. The molecule has 0 aromatic heterocycles. The molecular weight excluding hydrogens is 262 g/mol. The molecule has 1 heterocycles. The van der Waals surface area contributed by atoms with Crippen LogP contribution in [0.4, 0.5) is 11.4 Å². The number of anilines is 2. The van der Waals surface area contributed by atoms with Gasteiger partial charge < -0.3 is 5.11 Å². The molecule has 0 aliphatic carbocycles. The molecule has 21 heavy (non-hydrogen) atoms. The van der Waals surface area contributed by atoms with E-state index in [-0.39, 0.29) is 5.91 Å². The van der Waals surface area contributed by atoms with Gasteiger partial charge in [0.15, 0.2) is 0 Å². The minimum atomic E-state index is 0.0598. The van der Waals surface area contributed by atoms with Crippen molar-refractivity contribution < 1.29 is 9.90 Å². The molecule has 0 bridgehead atoms. The molecule has 0 saturated carbocycles. The minimum absolute atomic E-state index is 0.0598. The number of phenolic OH excluding ortho intramolecular Hbond substituents is 1. The van der Waals surface area contributed by atoms with Crippen LogP contribution < -0.4 is 4.90 Å². The lowest BCUT2D eigenvalue weighted by Crippen LogP contribution is -2.30. The van der Waals surface area contributed by atoms with Crippen LogP contribution in [0, 0.1) is 0 Å². The Balaban J connectivity index is 2.12. The average Bonchev–Trinajstić information content (AvgIpc) is 2.51. The summed E-state index contributed by atoms with van der Waals surface area (Å²) < 4.78 is 0. The summed E-state index contributed by atoms with van der Waals surface area (Å²) in [6, 6.07) is 13.3. The van der Waals surface area contributed by atoms with Gasteiger partial charge in [0.25, 0.3) is 0 Å². The summed E-state index contributed by atoms with van der Waals surface area (Å²) in [4.78, 5) is 14.0. The van der Waals surface area contributed by atoms with Gasteiger partial charge in [-0.1, -0.05) is 30.3 Å². The zero-order valence-electron chi connectivity index (χ0n) is 11.7. The van der Waals surface area contributed by atoms with Crippen molar-refractivity contribution in [3.8, 4) is 5.75 Å². The summed E-state index contributed by atoms with van der Waals surface area (Å²) >= 11 is 0. The molecule has 1 N–H and O–H groups in total. The van der Waals surface area contributed by atoms with Crippen LogP contribution in [0.5, 0.6) is 5.75 Å². The number of aromatic hydroxyl groups is 1. The van der Waals surface area contributed by atoms with Crippen LogP contribution in [0.1, 0.15) is 17.5 Å². The fourth-order valence-corrected chi connectivity index (χ4v) is 2.79. The molecule has 106 valence electrons. The number of phenols is 1. The fraction of sp³-hybridized carbons (Fsp3) is 0.167. The molecular formula is C18H17NO2. The monoisotopic (exact) mass is 279 g/mol. The molecule has 3 rings (SSSR count). The van der Waals surface area contributed by atoms with Crippen LogP contribution in [-0.2, 0) is 17.6 Å². The number of hydrogen-bond donors (Lipinski definition) is 1. The molecule has 0 atom stereocenters. The van der Waals surface area contributed by atoms with E-state index in [1.54, 1.807) is 11.0 Å². The Morgan fingerprint density at radius 2 is 1.90 bits per heavy atom. The number of amides is 1.